The maximum absolute atomic E-state index is 11.7. The Labute approximate surface area is 85.2 Å². The number of benzene rings is 1. The molecule has 0 saturated heterocycles. The molecule has 2 N–H and O–H groups in total. The zero-order valence-electron chi connectivity index (χ0n) is 7.31. The quantitative estimate of drug-likeness (QED) is 0.601. The predicted molar refractivity (Wildman–Crippen MR) is 56.4 cm³/mol. The molecule has 1 aromatic carbocycles. The summed E-state index contributed by atoms with van der Waals surface area (Å²) in [4.78, 5) is 15.7. The Kier molecular flexibility index (Phi) is 2.28. The Balaban J connectivity index is 2.37. The Morgan fingerprint density at radius 3 is 2.93 bits per heavy atom. The number of carbonyl (C=O) groups excluding carboxylic acids is 1. The van der Waals surface area contributed by atoms with Gasteiger partial charge in [-0.1, -0.05) is 12.1 Å². The molecule has 14 heavy (non-hydrogen) atoms. The van der Waals surface area contributed by atoms with E-state index in [-0.39, 0.29) is 5.78 Å². The van der Waals surface area contributed by atoms with Crippen LogP contribution >= 0.6 is 11.3 Å². The highest BCUT2D eigenvalue weighted by atomic mass is 32.1. The fraction of sp³-hybridized carbons (Fsp3) is 0. The summed E-state index contributed by atoms with van der Waals surface area (Å²) in [5.74, 6) is -0.0847. The standard InChI is InChI=1S/C10H8N2OS/c11-8-3-1-2-7(4-8)10(13)9-5-14-6-12-9/h1-6H,11H2. The minimum atomic E-state index is -0.0847. The van der Waals surface area contributed by atoms with Crippen LogP contribution in [0.5, 0.6) is 0 Å². The summed E-state index contributed by atoms with van der Waals surface area (Å²) < 4.78 is 0. The van der Waals surface area contributed by atoms with Crippen molar-refractivity contribution in [3.8, 4) is 0 Å². The van der Waals surface area contributed by atoms with E-state index >= 15 is 0 Å². The van der Waals surface area contributed by atoms with E-state index in [1.165, 1.54) is 11.3 Å². The number of aromatic nitrogens is 1. The van der Waals surface area contributed by atoms with E-state index in [2.05, 4.69) is 4.98 Å². The van der Waals surface area contributed by atoms with Gasteiger partial charge >= 0.3 is 0 Å². The zero-order chi connectivity index (χ0) is 9.97. The topological polar surface area (TPSA) is 56.0 Å². The van der Waals surface area contributed by atoms with E-state index in [0.717, 1.165) is 0 Å². The van der Waals surface area contributed by atoms with Gasteiger partial charge in [0.15, 0.2) is 0 Å². The van der Waals surface area contributed by atoms with Crippen LogP contribution in [-0.2, 0) is 0 Å². The second kappa shape index (κ2) is 3.59. The third-order valence-corrected chi connectivity index (χ3v) is 2.40. The van der Waals surface area contributed by atoms with Gasteiger partial charge in [0.1, 0.15) is 5.69 Å². The highest BCUT2D eigenvalue weighted by Gasteiger charge is 2.10. The lowest BCUT2D eigenvalue weighted by atomic mass is 10.1. The minimum Gasteiger partial charge on any atom is -0.399 e. The van der Waals surface area contributed by atoms with Gasteiger partial charge in [-0.2, -0.15) is 0 Å². The molecule has 0 fully saturated rings. The first-order valence-electron chi connectivity index (χ1n) is 4.06. The van der Waals surface area contributed by atoms with Crippen molar-refractivity contribution < 1.29 is 4.79 Å². The normalized spacial score (nSPS) is 10.0. The van der Waals surface area contributed by atoms with Gasteiger partial charge < -0.3 is 5.73 Å². The molecule has 0 unspecified atom stereocenters. The number of nitrogen functional groups attached to an aromatic ring is 1. The van der Waals surface area contributed by atoms with Gasteiger partial charge in [0.25, 0.3) is 0 Å². The molecule has 0 spiro atoms. The first-order chi connectivity index (χ1) is 6.77. The lowest BCUT2D eigenvalue weighted by Crippen LogP contribution is -2.01. The molecule has 3 nitrogen and oxygen atoms in total. The molecule has 0 bridgehead atoms. The van der Waals surface area contributed by atoms with Crippen LogP contribution in [0.4, 0.5) is 5.69 Å². The second-order valence-electron chi connectivity index (χ2n) is 2.83. The Hall–Kier alpha value is -1.68. The van der Waals surface area contributed by atoms with Crippen molar-refractivity contribution in [3.05, 3.63) is 46.4 Å². The number of ketones is 1. The van der Waals surface area contributed by atoms with Crippen molar-refractivity contribution in [2.45, 2.75) is 0 Å². The van der Waals surface area contributed by atoms with E-state index in [0.29, 0.717) is 16.9 Å². The molecule has 0 radical (unpaired) electrons. The van der Waals surface area contributed by atoms with Crippen molar-refractivity contribution in [1.82, 2.24) is 4.98 Å². The molecule has 2 aromatic rings. The second-order valence-corrected chi connectivity index (χ2v) is 3.55. The lowest BCUT2D eigenvalue weighted by molar-refractivity contribution is 0.103. The zero-order valence-corrected chi connectivity index (χ0v) is 8.12. The lowest BCUT2D eigenvalue weighted by Gasteiger charge is -1.98. The molecule has 0 aliphatic heterocycles. The van der Waals surface area contributed by atoms with Gasteiger partial charge in [-0.05, 0) is 12.1 Å². The van der Waals surface area contributed by atoms with Gasteiger partial charge in [0, 0.05) is 16.6 Å². The fourth-order valence-corrected chi connectivity index (χ4v) is 1.68. The molecule has 1 aromatic heterocycles. The summed E-state index contributed by atoms with van der Waals surface area (Å²) in [5.41, 5.74) is 8.86. The van der Waals surface area contributed by atoms with Crippen LogP contribution in [0.1, 0.15) is 16.1 Å². The monoisotopic (exact) mass is 204 g/mol. The van der Waals surface area contributed by atoms with Gasteiger partial charge in [-0.3, -0.25) is 4.79 Å². The van der Waals surface area contributed by atoms with Gasteiger partial charge in [0.2, 0.25) is 5.78 Å². The summed E-state index contributed by atoms with van der Waals surface area (Å²) in [5, 5.41) is 1.73. The highest BCUT2D eigenvalue weighted by molar-refractivity contribution is 7.07. The van der Waals surface area contributed by atoms with E-state index in [1.807, 2.05) is 0 Å². The molecule has 2 rings (SSSR count). The average molecular weight is 204 g/mol. The molecule has 0 aliphatic carbocycles. The number of nitrogens with two attached hydrogens (primary N) is 1. The Bertz CT molecular complexity index is 451. The first-order valence-corrected chi connectivity index (χ1v) is 5.00. The number of carbonyl (C=O) groups is 1. The summed E-state index contributed by atoms with van der Waals surface area (Å²) >= 11 is 1.40. The van der Waals surface area contributed by atoms with Crippen LogP contribution in [0.25, 0.3) is 0 Å². The first kappa shape index (κ1) is 8.90. The number of anilines is 1. The van der Waals surface area contributed by atoms with Crippen LogP contribution < -0.4 is 5.73 Å². The molecule has 0 aliphatic rings. The van der Waals surface area contributed by atoms with Crippen LogP contribution in [0.15, 0.2) is 35.2 Å². The van der Waals surface area contributed by atoms with Gasteiger partial charge in [0.05, 0.1) is 5.51 Å². The SMILES string of the molecule is Nc1cccc(C(=O)c2cscn2)c1. The van der Waals surface area contributed by atoms with Crippen molar-refractivity contribution in [3.63, 3.8) is 0 Å². The van der Waals surface area contributed by atoms with Gasteiger partial charge in [-0.15, -0.1) is 11.3 Å². The van der Waals surface area contributed by atoms with Crippen LogP contribution in [0, 0.1) is 0 Å². The summed E-state index contributed by atoms with van der Waals surface area (Å²) in [7, 11) is 0. The molecule has 0 amide bonds. The van der Waals surface area contributed by atoms with Crippen molar-refractivity contribution in [1.29, 1.82) is 0 Å². The van der Waals surface area contributed by atoms with Crippen LogP contribution in [0.3, 0.4) is 0 Å². The smallest absolute Gasteiger partial charge is 0.212 e. The van der Waals surface area contributed by atoms with E-state index < -0.39 is 0 Å². The number of hydrogen-bond acceptors (Lipinski definition) is 4. The van der Waals surface area contributed by atoms with E-state index in [1.54, 1.807) is 35.2 Å². The Morgan fingerprint density at radius 2 is 2.29 bits per heavy atom. The fourth-order valence-electron chi connectivity index (χ4n) is 1.15. The summed E-state index contributed by atoms with van der Waals surface area (Å²) in [6.45, 7) is 0. The predicted octanol–water partition coefficient (Wildman–Crippen LogP) is 1.96. The maximum Gasteiger partial charge on any atom is 0.212 e. The number of hydrogen-bond donors (Lipinski definition) is 1. The number of nitrogens with zero attached hydrogens (tertiary/aromatic N) is 1. The third kappa shape index (κ3) is 1.65. The number of thiazole rings is 1. The molecule has 0 atom stereocenters. The van der Waals surface area contributed by atoms with Crippen molar-refractivity contribution in [2.24, 2.45) is 0 Å². The number of rotatable bonds is 2. The summed E-state index contributed by atoms with van der Waals surface area (Å²) in [6, 6.07) is 6.90. The van der Waals surface area contributed by atoms with Crippen LogP contribution in [-0.4, -0.2) is 10.8 Å². The highest BCUT2D eigenvalue weighted by Crippen LogP contribution is 2.12. The van der Waals surface area contributed by atoms with Crippen molar-refractivity contribution >= 4 is 22.8 Å². The molecule has 4 heteroatoms. The van der Waals surface area contributed by atoms with E-state index in [9.17, 15) is 4.79 Å². The Morgan fingerprint density at radius 1 is 1.43 bits per heavy atom. The van der Waals surface area contributed by atoms with Crippen molar-refractivity contribution in [2.75, 3.05) is 5.73 Å². The summed E-state index contributed by atoms with van der Waals surface area (Å²) in [6.07, 6.45) is 0. The average Bonchev–Trinajstić information content (AvgIpc) is 2.69. The molecule has 70 valence electrons. The molecular weight excluding hydrogens is 196 g/mol. The van der Waals surface area contributed by atoms with Gasteiger partial charge in [-0.25, -0.2) is 4.98 Å². The van der Waals surface area contributed by atoms with E-state index in [4.69, 9.17) is 5.73 Å². The largest absolute Gasteiger partial charge is 0.399 e. The third-order valence-electron chi connectivity index (χ3n) is 1.81. The molecular formula is C10H8N2OS. The molecule has 0 saturated carbocycles. The maximum atomic E-state index is 11.7. The minimum absolute atomic E-state index is 0.0847. The molecule has 1 heterocycles. The van der Waals surface area contributed by atoms with Crippen LogP contribution in [0.2, 0.25) is 0 Å².